The van der Waals surface area contributed by atoms with Crippen LogP contribution in [0.2, 0.25) is 0 Å². The van der Waals surface area contributed by atoms with Gasteiger partial charge in [0.2, 0.25) is 0 Å². The van der Waals surface area contributed by atoms with E-state index in [9.17, 15) is 9.59 Å². The summed E-state index contributed by atoms with van der Waals surface area (Å²) in [5.41, 5.74) is 4.94. The largest absolute Gasteiger partial charge is 0.480 e. The highest BCUT2D eigenvalue weighted by atomic mass is 35.5. The highest BCUT2D eigenvalue weighted by Crippen LogP contribution is 1.90. The molecule has 0 bridgehead atoms. The summed E-state index contributed by atoms with van der Waals surface area (Å²) in [7, 11) is 0. The zero-order chi connectivity index (χ0) is 14.6. The van der Waals surface area contributed by atoms with Gasteiger partial charge in [-0.15, -0.1) is 12.4 Å². The van der Waals surface area contributed by atoms with E-state index in [1.807, 2.05) is 6.92 Å². The van der Waals surface area contributed by atoms with Crippen molar-refractivity contribution in [3.63, 3.8) is 0 Å². The van der Waals surface area contributed by atoms with Crippen molar-refractivity contribution in [2.24, 2.45) is 5.73 Å². The Morgan fingerprint density at radius 2 is 1.84 bits per heavy atom. The Labute approximate surface area is 124 Å². The summed E-state index contributed by atoms with van der Waals surface area (Å²) in [6.45, 7) is 2.55. The quantitative estimate of drug-likeness (QED) is 0.335. The fourth-order valence-electron chi connectivity index (χ4n) is 0.839. The van der Waals surface area contributed by atoms with Crippen molar-refractivity contribution < 1.29 is 24.9 Å². The number of halogens is 1. The molecule has 116 valence electrons. The second-order valence-electron chi connectivity index (χ2n) is 3.48. The SMILES string of the molecule is CCCN[C@@H](CCO)C(=O)O.Cl.N[C@@H](CS)C(=O)O. The van der Waals surface area contributed by atoms with E-state index in [1.54, 1.807) is 0 Å². The molecular formula is C10H23ClN2O5S. The number of hydrogen-bond donors (Lipinski definition) is 6. The molecule has 0 spiro atoms. The molecule has 0 saturated heterocycles. The number of thiol groups is 1. The topological polar surface area (TPSA) is 133 Å². The van der Waals surface area contributed by atoms with Crippen LogP contribution in [0.25, 0.3) is 0 Å². The van der Waals surface area contributed by atoms with Crippen LogP contribution in [0.15, 0.2) is 0 Å². The molecule has 9 heteroatoms. The third-order valence-electron chi connectivity index (χ3n) is 1.87. The predicted molar refractivity (Wildman–Crippen MR) is 78.1 cm³/mol. The van der Waals surface area contributed by atoms with Crippen molar-refractivity contribution in [2.75, 3.05) is 18.9 Å². The van der Waals surface area contributed by atoms with Gasteiger partial charge in [0.05, 0.1) is 0 Å². The van der Waals surface area contributed by atoms with Crippen LogP contribution in [-0.2, 0) is 9.59 Å². The summed E-state index contributed by atoms with van der Waals surface area (Å²) in [6, 6.07) is -1.41. The lowest BCUT2D eigenvalue weighted by atomic mass is 10.2. The Balaban J connectivity index is -0.000000280. The third kappa shape index (κ3) is 15.4. The van der Waals surface area contributed by atoms with E-state index in [1.165, 1.54) is 0 Å². The maximum atomic E-state index is 10.4. The highest BCUT2D eigenvalue weighted by molar-refractivity contribution is 7.80. The lowest BCUT2D eigenvalue weighted by molar-refractivity contribution is -0.140. The van der Waals surface area contributed by atoms with Gasteiger partial charge in [-0.05, 0) is 19.4 Å². The monoisotopic (exact) mass is 318 g/mol. The standard InChI is InChI=1S/C7H15NO3.C3H7NO2S.ClH/c1-2-4-8-6(3-5-9)7(10)11;4-2(1-7)3(5)6;/h6,8-9H,2-5H2,1H3,(H,10,11);2,7H,1,4H2,(H,5,6);1H/t6-;2-;/m00./s1. The zero-order valence-corrected chi connectivity index (χ0v) is 12.5. The first-order chi connectivity index (χ1) is 8.40. The zero-order valence-electron chi connectivity index (χ0n) is 10.8. The smallest absolute Gasteiger partial charge is 0.321 e. The number of aliphatic carboxylic acids is 2. The van der Waals surface area contributed by atoms with Gasteiger partial charge in [-0.25, -0.2) is 0 Å². The van der Waals surface area contributed by atoms with Crippen LogP contribution in [0.5, 0.6) is 0 Å². The fraction of sp³-hybridized carbons (Fsp3) is 0.800. The number of nitrogens with two attached hydrogens (primary N) is 1. The second kappa shape index (κ2) is 15.5. The Hall–Kier alpha value is -0.540. The molecule has 19 heavy (non-hydrogen) atoms. The van der Waals surface area contributed by atoms with E-state index in [-0.39, 0.29) is 31.2 Å². The molecule has 0 aliphatic rings. The Morgan fingerprint density at radius 1 is 1.32 bits per heavy atom. The van der Waals surface area contributed by atoms with Crippen LogP contribution in [0.3, 0.4) is 0 Å². The lowest BCUT2D eigenvalue weighted by Gasteiger charge is -2.11. The van der Waals surface area contributed by atoms with Crippen LogP contribution < -0.4 is 11.1 Å². The van der Waals surface area contributed by atoms with Gasteiger partial charge >= 0.3 is 11.9 Å². The number of aliphatic hydroxyl groups is 1. The number of carbonyl (C=O) groups is 2. The highest BCUT2D eigenvalue weighted by Gasteiger charge is 2.14. The van der Waals surface area contributed by atoms with Gasteiger partial charge in [-0.3, -0.25) is 9.59 Å². The first-order valence-corrected chi connectivity index (χ1v) is 6.20. The summed E-state index contributed by atoms with van der Waals surface area (Å²) in [4.78, 5) is 20.2. The lowest BCUT2D eigenvalue weighted by Crippen LogP contribution is -2.37. The fourth-order valence-corrected chi connectivity index (χ4v) is 0.995. The van der Waals surface area contributed by atoms with Crippen molar-refractivity contribution in [1.82, 2.24) is 5.32 Å². The van der Waals surface area contributed by atoms with E-state index in [0.717, 1.165) is 6.42 Å². The molecule has 6 N–H and O–H groups in total. The Bertz CT molecular complexity index is 246. The number of aliphatic hydroxyl groups excluding tert-OH is 1. The number of carboxylic acid groups (broad SMARTS) is 2. The molecular weight excluding hydrogens is 296 g/mol. The van der Waals surface area contributed by atoms with E-state index in [2.05, 4.69) is 17.9 Å². The van der Waals surface area contributed by atoms with E-state index >= 15 is 0 Å². The van der Waals surface area contributed by atoms with Crippen LogP contribution >= 0.6 is 25.0 Å². The molecule has 0 aliphatic carbocycles. The van der Waals surface area contributed by atoms with Crippen molar-refractivity contribution in [3.8, 4) is 0 Å². The molecule has 0 aromatic heterocycles. The van der Waals surface area contributed by atoms with E-state index in [4.69, 9.17) is 21.1 Å². The molecule has 0 amide bonds. The van der Waals surface area contributed by atoms with Crippen LogP contribution in [0.4, 0.5) is 0 Å². The normalized spacial score (nSPS) is 12.4. The van der Waals surface area contributed by atoms with Crippen LogP contribution in [0.1, 0.15) is 19.8 Å². The van der Waals surface area contributed by atoms with Crippen molar-refractivity contribution in [3.05, 3.63) is 0 Å². The molecule has 0 aliphatic heterocycles. The summed E-state index contributed by atoms with van der Waals surface area (Å²) < 4.78 is 0. The van der Waals surface area contributed by atoms with Gasteiger partial charge in [0, 0.05) is 12.4 Å². The summed E-state index contributed by atoms with van der Waals surface area (Å²) >= 11 is 3.65. The Kier molecular flexibility index (Phi) is 19.2. The van der Waals surface area contributed by atoms with Gasteiger partial charge in [-0.1, -0.05) is 6.92 Å². The number of hydrogen-bond acceptors (Lipinski definition) is 6. The van der Waals surface area contributed by atoms with Gasteiger partial charge in [0.25, 0.3) is 0 Å². The van der Waals surface area contributed by atoms with Crippen molar-refractivity contribution in [1.29, 1.82) is 0 Å². The molecule has 0 radical (unpaired) electrons. The predicted octanol–water partition coefficient (Wildman–Crippen LogP) is -0.428. The molecule has 0 aromatic carbocycles. The first kappa shape index (κ1) is 23.5. The van der Waals surface area contributed by atoms with Crippen molar-refractivity contribution in [2.45, 2.75) is 31.8 Å². The van der Waals surface area contributed by atoms with E-state index in [0.29, 0.717) is 6.54 Å². The van der Waals surface area contributed by atoms with Crippen LogP contribution in [-0.4, -0.2) is 58.2 Å². The van der Waals surface area contributed by atoms with E-state index < -0.39 is 24.0 Å². The Morgan fingerprint density at radius 3 is 2.05 bits per heavy atom. The molecule has 0 aromatic rings. The van der Waals surface area contributed by atoms with Crippen molar-refractivity contribution >= 4 is 37.0 Å². The first-order valence-electron chi connectivity index (χ1n) is 5.56. The number of nitrogens with one attached hydrogen (secondary N) is 1. The molecule has 0 unspecified atom stereocenters. The molecule has 2 atom stereocenters. The minimum Gasteiger partial charge on any atom is -0.480 e. The molecule has 0 saturated carbocycles. The maximum absolute atomic E-state index is 10.4. The van der Waals surface area contributed by atoms with Crippen LogP contribution in [0, 0.1) is 0 Å². The molecule has 0 heterocycles. The minimum atomic E-state index is -1.00. The third-order valence-corrected chi connectivity index (χ3v) is 2.26. The minimum absolute atomic E-state index is 0. The average molecular weight is 319 g/mol. The van der Waals surface area contributed by atoms with Gasteiger partial charge in [0.1, 0.15) is 12.1 Å². The maximum Gasteiger partial charge on any atom is 0.321 e. The number of rotatable bonds is 8. The summed E-state index contributed by atoms with van der Waals surface area (Å²) in [6.07, 6.45) is 1.17. The summed E-state index contributed by atoms with van der Waals surface area (Å²) in [5.74, 6) is -1.71. The van der Waals surface area contributed by atoms with Gasteiger partial charge < -0.3 is 26.4 Å². The molecule has 0 rings (SSSR count). The number of carboxylic acids is 2. The van der Waals surface area contributed by atoms with Gasteiger partial charge in [-0.2, -0.15) is 12.6 Å². The summed E-state index contributed by atoms with van der Waals surface area (Å²) in [5, 5.41) is 27.9. The molecule has 0 fully saturated rings. The van der Waals surface area contributed by atoms with Gasteiger partial charge in [0.15, 0.2) is 0 Å². The average Bonchev–Trinajstić information content (AvgIpc) is 2.33. The second-order valence-corrected chi connectivity index (χ2v) is 3.85. The molecule has 7 nitrogen and oxygen atoms in total.